The van der Waals surface area contributed by atoms with Crippen LogP contribution in [0.15, 0.2) is 30.3 Å². The minimum atomic E-state index is -0.717. The van der Waals surface area contributed by atoms with Gasteiger partial charge in [-0.2, -0.15) is 0 Å². The summed E-state index contributed by atoms with van der Waals surface area (Å²) in [5.74, 6) is -0.758. The minimum Gasteiger partial charge on any atom is -0.373 e. The lowest BCUT2D eigenvalue weighted by Crippen LogP contribution is -2.57. The molecule has 28 heavy (non-hydrogen) atoms. The van der Waals surface area contributed by atoms with Crippen molar-refractivity contribution in [1.82, 2.24) is 10.6 Å². The minimum absolute atomic E-state index is 0.0193. The first kappa shape index (κ1) is 22.1. The van der Waals surface area contributed by atoms with Crippen molar-refractivity contribution in [2.24, 2.45) is 11.3 Å². The Bertz CT molecular complexity index is 680. The number of benzene rings is 1. The molecule has 1 fully saturated rings. The Labute approximate surface area is 167 Å². The molecule has 0 spiro atoms. The summed E-state index contributed by atoms with van der Waals surface area (Å²) in [5.41, 5.74) is 0.328. The monoisotopic (exact) mass is 388 g/mol. The van der Waals surface area contributed by atoms with Gasteiger partial charge in [-0.15, -0.1) is 0 Å². The zero-order valence-corrected chi connectivity index (χ0v) is 17.3. The van der Waals surface area contributed by atoms with Crippen molar-refractivity contribution in [1.29, 1.82) is 0 Å². The van der Waals surface area contributed by atoms with Crippen molar-refractivity contribution in [2.45, 2.75) is 59.0 Å². The van der Waals surface area contributed by atoms with E-state index in [0.29, 0.717) is 18.6 Å². The second kappa shape index (κ2) is 9.82. The molecule has 0 saturated carbocycles. The van der Waals surface area contributed by atoms with Crippen molar-refractivity contribution in [3.63, 3.8) is 0 Å². The highest BCUT2D eigenvalue weighted by Crippen LogP contribution is 2.23. The third-order valence-electron chi connectivity index (χ3n) is 4.83. The van der Waals surface area contributed by atoms with Crippen LogP contribution in [0.25, 0.3) is 0 Å². The molecule has 0 aliphatic carbocycles. The van der Waals surface area contributed by atoms with Crippen LogP contribution in [0.5, 0.6) is 0 Å². The molecule has 2 N–H and O–H groups in total. The van der Waals surface area contributed by atoms with Gasteiger partial charge in [0.2, 0.25) is 5.91 Å². The van der Waals surface area contributed by atoms with Gasteiger partial charge in [0.15, 0.2) is 5.78 Å². The Kier molecular flexibility index (Phi) is 7.75. The molecular weight excluding hydrogens is 356 g/mol. The topological polar surface area (TPSA) is 84.5 Å². The zero-order chi connectivity index (χ0) is 20.7. The fourth-order valence-corrected chi connectivity index (χ4v) is 3.49. The van der Waals surface area contributed by atoms with Crippen molar-refractivity contribution in [3.8, 4) is 0 Å². The average molecular weight is 389 g/mol. The van der Waals surface area contributed by atoms with Crippen LogP contribution in [0, 0.1) is 11.3 Å². The first-order chi connectivity index (χ1) is 13.2. The molecule has 2 amide bonds. The summed E-state index contributed by atoms with van der Waals surface area (Å²) in [6, 6.07) is 7.54. The summed E-state index contributed by atoms with van der Waals surface area (Å²) in [6.07, 6.45) is 2.17. The van der Waals surface area contributed by atoms with E-state index < -0.39 is 12.1 Å². The van der Waals surface area contributed by atoms with Gasteiger partial charge in [0, 0.05) is 11.5 Å². The number of rotatable bonds is 7. The SMILES string of the molecule is CCCC1COCC(=O)C1NC(=O)C(CC(C)(C)C)NC(=O)c1ccccc1. The highest BCUT2D eigenvalue weighted by Gasteiger charge is 2.36. The number of carbonyl (C=O) groups is 3. The van der Waals surface area contributed by atoms with Crippen LogP contribution in [0.4, 0.5) is 0 Å². The second-order valence-electron chi connectivity index (χ2n) is 8.67. The molecule has 2 rings (SSSR count). The van der Waals surface area contributed by atoms with Crippen LogP contribution in [0.2, 0.25) is 0 Å². The molecule has 1 saturated heterocycles. The summed E-state index contributed by atoms with van der Waals surface area (Å²) >= 11 is 0. The highest BCUT2D eigenvalue weighted by atomic mass is 16.5. The molecule has 1 aromatic carbocycles. The predicted octanol–water partition coefficient (Wildman–Crippen LogP) is 2.72. The second-order valence-corrected chi connectivity index (χ2v) is 8.67. The quantitative estimate of drug-likeness (QED) is 0.752. The van der Waals surface area contributed by atoms with E-state index in [2.05, 4.69) is 10.6 Å². The maximum atomic E-state index is 13.0. The Hall–Kier alpha value is -2.21. The van der Waals surface area contributed by atoms with E-state index in [1.54, 1.807) is 24.3 Å². The molecule has 6 nitrogen and oxygen atoms in total. The largest absolute Gasteiger partial charge is 0.373 e. The van der Waals surface area contributed by atoms with Crippen LogP contribution >= 0.6 is 0 Å². The third kappa shape index (κ3) is 6.44. The molecule has 0 aromatic heterocycles. The lowest BCUT2D eigenvalue weighted by atomic mass is 9.86. The molecule has 3 atom stereocenters. The number of hydrogen-bond acceptors (Lipinski definition) is 4. The van der Waals surface area contributed by atoms with Gasteiger partial charge >= 0.3 is 0 Å². The Morgan fingerprint density at radius 2 is 1.89 bits per heavy atom. The van der Waals surface area contributed by atoms with Gasteiger partial charge in [0.05, 0.1) is 12.6 Å². The molecule has 154 valence electrons. The Morgan fingerprint density at radius 3 is 2.50 bits per heavy atom. The number of carbonyl (C=O) groups excluding carboxylic acids is 3. The first-order valence-electron chi connectivity index (χ1n) is 9.98. The zero-order valence-electron chi connectivity index (χ0n) is 17.3. The maximum Gasteiger partial charge on any atom is 0.251 e. The van der Waals surface area contributed by atoms with Crippen molar-refractivity contribution >= 4 is 17.6 Å². The number of ether oxygens (including phenoxy) is 1. The molecular formula is C22H32N2O4. The third-order valence-corrected chi connectivity index (χ3v) is 4.83. The van der Waals surface area contributed by atoms with Gasteiger partial charge in [0.1, 0.15) is 12.6 Å². The van der Waals surface area contributed by atoms with E-state index in [1.807, 2.05) is 33.8 Å². The summed E-state index contributed by atoms with van der Waals surface area (Å²) in [4.78, 5) is 38.0. The molecule has 1 aliphatic rings. The fraction of sp³-hybridized carbons (Fsp3) is 0.591. The lowest BCUT2D eigenvalue weighted by molar-refractivity contribution is -0.138. The van der Waals surface area contributed by atoms with E-state index in [-0.39, 0.29) is 35.5 Å². The van der Waals surface area contributed by atoms with E-state index in [9.17, 15) is 14.4 Å². The van der Waals surface area contributed by atoms with Crippen LogP contribution in [0.3, 0.4) is 0 Å². The number of nitrogens with one attached hydrogen (secondary N) is 2. The Morgan fingerprint density at radius 1 is 1.21 bits per heavy atom. The summed E-state index contributed by atoms with van der Waals surface area (Å²) < 4.78 is 5.35. The molecule has 0 bridgehead atoms. The van der Waals surface area contributed by atoms with Crippen LogP contribution in [-0.4, -0.2) is 42.9 Å². The van der Waals surface area contributed by atoms with Crippen LogP contribution < -0.4 is 10.6 Å². The summed E-state index contributed by atoms with van der Waals surface area (Å²) in [5, 5.41) is 5.75. The van der Waals surface area contributed by atoms with Gasteiger partial charge in [-0.25, -0.2) is 0 Å². The smallest absolute Gasteiger partial charge is 0.251 e. The maximum absolute atomic E-state index is 13.0. The van der Waals surface area contributed by atoms with E-state index in [4.69, 9.17) is 4.74 Å². The average Bonchev–Trinajstić information content (AvgIpc) is 2.63. The van der Waals surface area contributed by atoms with Crippen molar-refractivity contribution < 1.29 is 19.1 Å². The summed E-state index contributed by atoms with van der Waals surface area (Å²) in [6.45, 7) is 8.57. The number of hydrogen-bond donors (Lipinski definition) is 2. The number of Topliss-reactive ketones (excluding diaryl/α,β-unsaturated/α-hetero) is 1. The molecule has 6 heteroatoms. The van der Waals surface area contributed by atoms with Gasteiger partial charge in [-0.1, -0.05) is 52.3 Å². The Balaban J connectivity index is 2.14. The molecule has 3 unspecified atom stereocenters. The van der Waals surface area contributed by atoms with E-state index in [0.717, 1.165) is 12.8 Å². The predicted molar refractivity (Wildman–Crippen MR) is 108 cm³/mol. The summed E-state index contributed by atoms with van der Waals surface area (Å²) in [7, 11) is 0. The van der Waals surface area contributed by atoms with E-state index >= 15 is 0 Å². The molecule has 1 heterocycles. The van der Waals surface area contributed by atoms with Crippen LogP contribution in [0.1, 0.15) is 57.3 Å². The standard InChI is InChI=1S/C22H32N2O4/c1-5-9-16-13-28-14-18(25)19(16)24-21(27)17(12-22(2,3)4)23-20(26)15-10-7-6-8-11-15/h6-8,10-11,16-17,19H,5,9,12-14H2,1-4H3,(H,23,26)(H,24,27). The lowest BCUT2D eigenvalue weighted by Gasteiger charge is -2.33. The van der Waals surface area contributed by atoms with Crippen molar-refractivity contribution in [2.75, 3.05) is 13.2 Å². The molecule has 0 radical (unpaired) electrons. The van der Waals surface area contributed by atoms with Gasteiger partial charge in [-0.05, 0) is 30.4 Å². The van der Waals surface area contributed by atoms with Gasteiger partial charge < -0.3 is 15.4 Å². The van der Waals surface area contributed by atoms with Crippen molar-refractivity contribution in [3.05, 3.63) is 35.9 Å². The first-order valence-corrected chi connectivity index (χ1v) is 9.98. The molecule has 1 aliphatic heterocycles. The van der Waals surface area contributed by atoms with Crippen LogP contribution in [-0.2, 0) is 14.3 Å². The normalized spacial score (nSPS) is 21.1. The number of ketones is 1. The van der Waals surface area contributed by atoms with E-state index in [1.165, 1.54) is 0 Å². The van der Waals surface area contributed by atoms with Gasteiger partial charge in [-0.3, -0.25) is 14.4 Å². The van der Waals surface area contributed by atoms with Gasteiger partial charge in [0.25, 0.3) is 5.91 Å². The molecule has 1 aromatic rings. The number of amides is 2. The highest BCUT2D eigenvalue weighted by molar-refractivity contribution is 5.98. The fourth-order valence-electron chi connectivity index (χ4n) is 3.49.